The summed E-state index contributed by atoms with van der Waals surface area (Å²) in [4.78, 5) is 13.9. The van der Waals surface area contributed by atoms with Crippen molar-refractivity contribution in [3.05, 3.63) is 70.0 Å². The smallest absolute Gasteiger partial charge is 0.176 e. The molecule has 5 atom stereocenters. The summed E-state index contributed by atoms with van der Waals surface area (Å²) in [6.07, 6.45) is 0.279. The van der Waals surface area contributed by atoms with Gasteiger partial charge in [0.1, 0.15) is 11.5 Å². The molecule has 5 rings (SSSR count). The zero-order chi connectivity index (χ0) is 22.3. The van der Waals surface area contributed by atoms with E-state index in [0.29, 0.717) is 5.57 Å². The van der Waals surface area contributed by atoms with Crippen LogP contribution in [0.1, 0.15) is 54.0 Å². The van der Waals surface area contributed by atoms with Gasteiger partial charge in [-0.05, 0) is 75.4 Å². The molecule has 2 unspecified atom stereocenters. The zero-order valence-corrected chi connectivity index (χ0v) is 19.1. The van der Waals surface area contributed by atoms with Gasteiger partial charge in [0, 0.05) is 5.92 Å². The first kappa shape index (κ1) is 20.3. The Morgan fingerprint density at radius 3 is 2.39 bits per heavy atom. The van der Waals surface area contributed by atoms with Gasteiger partial charge >= 0.3 is 0 Å². The van der Waals surface area contributed by atoms with E-state index in [1.807, 2.05) is 45.9 Å². The van der Waals surface area contributed by atoms with Gasteiger partial charge in [0.2, 0.25) is 0 Å². The van der Waals surface area contributed by atoms with E-state index in [4.69, 9.17) is 9.47 Å². The number of methoxy groups -OCH3 is 1. The molecule has 0 saturated carbocycles. The van der Waals surface area contributed by atoms with Gasteiger partial charge in [-0.25, -0.2) is 0 Å². The summed E-state index contributed by atoms with van der Waals surface area (Å²) in [5, 5.41) is 11.7. The first-order valence-electron chi connectivity index (χ1n) is 11.0. The first-order valence-corrected chi connectivity index (χ1v) is 11.0. The number of hydrogen-bond acceptors (Lipinski definition) is 4. The monoisotopic (exact) mass is 418 g/mol. The molecule has 31 heavy (non-hydrogen) atoms. The Bertz CT molecular complexity index is 1120. The van der Waals surface area contributed by atoms with Gasteiger partial charge in [0.25, 0.3) is 0 Å². The van der Waals surface area contributed by atoms with Crippen LogP contribution in [0.25, 0.3) is 5.57 Å². The second-order valence-electron chi connectivity index (χ2n) is 9.90. The number of allylic oxidation sites excluding steroid dienone is 1. The summed E-state index contributed by atoms with van der Waals surface area (Å²) in [5.41, 5.74) is 4.17. The van der Waals surface area contributed by atoms with E-state index in [-0.39, 0.29) is 29.7 Å². The van der Waals surface area contributed by atoms with Crippen molar-refractivity contribution in [3.8, 4) is 5.75 Å². The predicted octanol–water partition coefficient (Wildman–Crippen LogP) is 5.44. The lowest BCUT2D eigenvalue weighted by atomic mass is 9.55. The highest BCUT2D eigenvalue weighted by molar-refractivity contribution is 6.28. The molecular formula is C27H30O4. The fourth-order valence-electron chi connectivity index (χ4n) is 6.60. The van der Waals surface area contributed by atoms with E-state index in [9.17, 15) is 9.90 Å². The molecule has 2 bridgehead atoms. The molecule has 0 radical (unpaired) electrons. The van der Waals surface area contributed by atoms with Crippen LogP contribution < -0.4 is 4.74 Å². The Balaban J connectivity index is 1.66. The van der Waals surface area contributed by atoms with Crippen molar-refractivity contribution in [2.75, 3.05) is 7.11 Å². The van der Waals surface area contributed by atoms with E-state index in [1.165, 1.54) is 0 Å². The summed E-state index contributed by atoms with van der Waals surface area (Å²) >= 11 is 0. The highest BCUT2D eigenvalue weighted by Gasteiger charge is 2.76. The summed E-state index contributed by atoms with van der Waals surface area (Å²) in [7, 11) is 1.66. The van der Waals surface area contributed by atoms with Crippen LogP contribution in [0, 0.1) is 31.6 Å². The van der Waals surface area contributed by atoms with E-state index in [0.717, 1.165) is 40.0 Å². The lowest BCUT2D eigenvalue weighted by Crippen LogP contribution is -2.50. The average Bonchev–Trinajstić information content (AvgIpc) is 3.32. The zero-order valence-electron chi connectivity index (χ0n) is 19.1. The van der Waals surface area contributed by atoms with Crippen molar-refractivity contribution in [3.63, 3.8) is 0 Å². The molecule has 3 aliphatic rings. The van der Waals surface area contributed by atoms with Crippen molar-refractivity contribution in [1.82, 2.24) is 0 Å². The number of fused-ring (bicyclic) bond motifs is 5. The van der Waals surface area contributed by atoms with Gasteiger partial charge in [-0.15, -0.1) is 0 Å². The summed E-state index contributed by atoms with van der Waals surface area (Å²) < 4.78 is 11.9. The number of hydrogen-bond donors (Lipinski definition) is 1. The predicted molar refractivity (Wildman–Crippen MR) is 120 cm³/mol. The average molecular weight is 419 g/mol. The Hall–Kier alpha value is -2.59. The number of rotatable bonds is 3. The van der Waals surface area contributed by atoms with Crippen LogP contribution in [0.15, 0.2) is 42.2 Å². The molecule has 2 saturated heterocycles. The number of ether oxygens (including phenoxy) is 2. The molecule has 2 aromatic rings. The van der Waals surface area contributed by atoms with Crippen LogP contribution in [0.5, 0.6) is 5.75 Å². The van der Waals surface area contributed by atoms with Crippen LogP contribution in [-0.4, -0.2) is 30.2 Å². The Morgan fingerprint density at radius 1 is 1.06 bits per heavy atom. The van der Waals surface area contributed by atoms with Crippen LogP contribution >= 0.6 is 0 Å². The molecule has 2 heterocycles. The number of ketones is 1. The number of carbonyl (C=O) groups excluding carboxylic acids is 1. The van der Waals surface area contributed by atoms with Gasteiger partial charge < -0.3 is 14.6 Å². The lowest BCUT2D eigenvalue weighted by Gasteiger charge is -2.43. The largest absolute Gasteiger partial charge is 0.511 e. The maximum atomic E-state index is 13.9. The third kappa shape index (κ3) is 2.37. The molecule has 0 spiro atoms. The van der Waals surface area contributed by atoms with E-state index in [2.05, 4.69) is 25.1 Å². The quantitative estimate of drug-likeness (QED) is 0.721. The van der Waals surface area contributed by atoms with Crippen molar-refractivity contribution >= 4 is 11.4 Å². The standard InChI is InChI=1S/C27H30O4/c1-14-10-15(2)21(16(3)11-14)22-23(28)26(4)20-13-19(17-8-7-9-18(12-17)30-6)25(31-20)27(26,5)24(22)29/h7-12,19-20,25,29H,13H2,1-6H3/t19-,20?,25?,26+,27+/m0/s1. The Kier molecular flexibility index (Phi) is 4.23. The second-order valence-corrected chi connectivity index (χ2v) is 9.90. The maximum Gasteiger partial charge on any atom is 0.176 e. The molecule has 162 valence electrons. The molecule has 1 N–H and O–H groups in total. The van der Waals surface area contributed by atoms with Crippen molar-refractivity contribution in [1.29, 1.82) is 0 Å². The molecular weight excluding hydrogens is 388 g/mol. The number of aliphatic hydroxyl groups is 1. The van der Waals surface area contributed by atoms with Crippen LogP contribution in [0.2, 0.25) is 0 Å². The lowest BCUT2D eigenvalue weighted by molar-refractivity contribution is -0.127. The van der Waals surface area contributed by atoms with Gasteiger partial charge in [-0.1, -0.05) is 29.8 Å². The highest BCUT2D eigenvalue weighted by Crippen LogP contribution is 2.71. The molecule has 2 aliphatic heterocycles. The Labute approximate surface area is 183 Å². The summed E-state index contributed by atoms with van der Waals surface area (Å²) in [6, 6.07) is 12.2. The molecule has 0 aromatic heterocycles. The minimum absolute atomic E-state index is 0.0131. The highest BCUT2D eigenvalue weighted by atomic mass is 16.5. The molecule has 4 nitrogen and oxygen atoms in total. The van der Waals surface area contributed by atoms with Crippen molar-refractivity contribution in [2.24, 2.45) is 10.8 Å². The van der Waals surface area contributed by atoms with Crippen LogP contribution in [0.3, 0.4) is 0 Å². The van der Waals surface area contributed by atoms with Gasteiger partial charge in [0.05, 0.1) is 35.7 Å². The number of aryl methyl sites for hydroxylation is 3. The number of carbonyl (C=O) groups is 1. The minimum Gasteiger partial charge on any atom is -0.511 e. The normalized spacial score (nSPS) is 33.9. The SMILES string of the molecule is COc1cccc([C@@H]2CC3OC2[C@@]2(C)C(O)=C(c4c(C)cc(C)cc4C)C(=O)[C@@]32C)c1. The molecule has 2 fully saturated rings. The fourth-order valence-corrected chi connectivity index (χ4v) is 6.60. The van der Waals surface area contributed by atoms with Crippen LogP contribution in [-0.2, 0) is 9.53 Å². The van der Waals surface area contributed by atoms with Gasteiger partial charge in [-0.3, -0.25) is 4.79 Å². The summed E-state index contributed by atoms with van der Waals surface area (Å²) in [5.74, 6) is 1.11. The fraction of sp³-hybridized carbons (Fsp3) is 0.444. The van der Waals surface area contributed by atoms with Crippen molar-refractivity contribution in [2.45, 2.75) is 59.2 Å². The topological polar surface area (TPSA) is 55.8 Å². The third-order valence-corrected chi connectivity index (χ3v) is 8.31. The van der Waals surface area contributed by atoms with Crippen LogP contribution in [0.4, 0.5) is 0 Å². The summed E-state index contributed by atoms with van der Waals surface area (Å²) in [6.45, 7) is 10.1. The molecule has 4 heteroatoms. The van der Waals surface area contributed by atoms with Gasteiger partial charge in [0.15, 0.2) is 5.78 Å². The molecule has 2 aromatic carbocycles. The van der Waals surface area contributed by atoms with E-state index < -0.39 is 10.8 Å². The third-order valence-electron chi connectivity index (χ3n) is 8.31. The molecule has 0 amide bonds. The number of benzene rings is 2. The first-order chi connectivity index (χ1) is 14.6. The van der Waals surface area contributed by atoms with E-state index in [1.54, 1.807) is 7.11 Å². The van der Waals surface area contributed by atoms with Crippen molar-refractivity contribution < 1.29 is 19.4 Å². The second kappa shape index (κ2) is 6.46. The minimum atomic E-state index is -0.768. The molecule has 1 aliphatic carbocycles. The van der Waals surface area contributed by atoms with Gasteiger partial charge in [-0.2, -0.15) is 0 Å². The Morgan fingerprint density at radius 2 is 1.74 bits per heavy atom. The number of aliphatic hydroxyl groups excluding tert-OH is 1. The van der Waals surface area contributed by atoms with E-state index >= 15 is 0 Å². The maximum absolute atomic E-state index is 13.9. The number of Topliss-reactive ketones (excluding diaryl/α,β-unsaturated/α-hetero) is 1.